The Balaban J connectivity index is 0.999. The number of anilines is 9. The molecule has 0 amide bonds. The highest BCUT2D eigenvalue weighted by Crippen LogP contribution is 2.53. The molecule has 1 aromatic heterocycles. The van der Waals surface area contributed by atoms with E-state index in [1.54, 1.807) is 0 Å². The van der Waals surface area contributed by atoms with E-state index < -0.39 is 0 Å². The van der Waals surface area contributed by atoms with Gasteiger partial charge in [-0.3, -0.25) is 0 Å². The van der Waals surface area contributed by atoms with Crippen molar-refractivity contribution in [3.8, 4) is 22.3 Å². The van der Waals surface area contributed by atoms with Gasteiger partial charge in [0.15, 0.2) is 0 Å². The first-order valence-corrected chi connectivity index (χ1v) is 24.5. The number of rotatable bonds is 5. The van der Waals surface area contributed by atoms with Crippen molar-refractivity contribution < 1.29 is 4.42 Å². The quantitative estimate of drug-likeness (QED) is 0.127. The van der Waals surface area contributed by atoms with Gasteiger partial charge in [-0.15, -0.1) is 0 Å². The van der Waals surface area contributed by atoms with Crippen LogP contribution >= 0.6 is 0 Å². The molecule has 4 nitrogen and oxygen atoms in total. The van der Waals surface area contributed by atoms with E-state index in [2.05, 4.69) is 257 Å². The van der Waals surface area contributed by atoms with E-state index in [1.165, 1.54) is 105 Å². The van der Waals surface area contributed by atoms with Gasteiger partial charge in [0.25, 0.3) is 6.71 Å². The van der Waals surface area contributed by atoms with E-state index in [4.69, 9.17) is 4.42 Å². The zero-order chi connectivity index (χ0) is 46.3. The van der Waals surface area contributed by atoms with Crippen LogP contribution < -0.4 is 31.1 Å². The van der Waals surface area contributed by atoms with Crippen LogP contribution in [0.1, 0.15) is 0 Å². The number of fused-ring (bicyclic) bond motifs is 6. The fraction of sp³-hybridized carbons (Fsp3) is 0. The van der Waals surface area contributed by atoms with E-state index in [0.717, 1.165) is 39.0 Å². The number of furan rings is 1. The summed E-state index contributed by atoms with van der Waals surface area (Å²) in [7, 11) is 0. The molecule has 0 N–H and O–H groups in total. The smallest absolute Gasteiger partial charge is 0.257 e. The minimum atomic E-state index is -0.00545. The Morgan fingerprint density at radius 1 is 0.268 bits per heavy atom. The lowest BCUT2D eigenvalue weighted by Gasteiger charge is -2.49. The molecule has 0 radical (unpaired) electrons. The number of para-hydroxylation sites is 3. The maximum Gasteiger partial charge on any atom is 0.257 e. The van der Waals surface area contributed by atoms with E-state index in [1.807, 2.05) is 0 Å². The molecule has 3 aliphatic heterocycles. The molecule has 0 atom stereocenters. The predicted molar refractivity (Wildman–Crippen MR) is 299 cm³/mol. The lowest BCUT2D eigenvalue weighted by molar-refractivity contribution is 0.669. The third-order valence-corrected chi connectivity index (χ3v) is 15.5. The second-order valence-corrected chi connectivity index (χ2v) is 19.1. The van der Waals surface area contributed by atoms with Crippen molar-refractivity contribution in [2.75, 3.05) is 14.7 Å². The molecule has 0 saturated heterocycles. The van der Waals surface area contributed by atoms with Crippen LogP contribution in [0, 0.1) is 0 Å². The Bertz CT molecular complexity index is 4200. The molecule has 0 bridgehead atoms. The molecule has 12 aromatic carbocycles. The summed E-state index contributed by atoms with van der Waals surface area (Å²) in [4.78, 5) is 7.56. The summed E-state index contributed by atoms with van der Waals surface area (Å²) in [5.74, 6) is 0. The van der Waals surface area contributed by atoms with Crippen molar-refractivity contribution in [2.45, 2.75) is 0 Å². The first-order chi connectivity index (χ1) is 35.2. The zero-order valence-corrected chi connectivity index (χ0v) is 38.4. The van der Waals surface area contributed by atoms with Crippen LogP contribution in [0.4, 0.5) is 51.2 Å². The highest BCUT2D eigenvalue weighted by atomic mass is 16.3. The van der Waals surface area contributed by atoms with Gasteiger partial charge in [0.2, 0.25) is 0 Å². The lowest BCUT2D eigenvalue weighted by Crippen LogP contribution is -2.64. The van der Waals surface area contributed by atoms with Crippen LogP contribution in [0.3, 0.4) is 0 Å². The molecule has 16 rings (SSSR count). The fourth-order valence-corrected chi connectivity index (χ4v) is 12.6. The normalized spacial score (nSPS) is 13.2. The summed E-state index contributed by atoms with van der Waals surface area (Å²) in [5.41, 5.74) is 21.1. The molecular formula is C66H40BN3O. The van der Waals surface area contributed by atoms with E-state index in [0.29, 0.717) is 0 Å². The van der Waals surface area contributed by atoms with Gasteiger partial charge < -0.3 is 19.1 Å². The predicted octanol–water partition coefficient (Wildman–Crippen LogP) is 16.2. The Morgan fingerprint density at radius 3 is 1.15 bits per heavy atom. The van der Waals surface area contributed by atoms with Gasteiger partial charge in [-0.25, -0.2) is 0 Å². The highest BCUT2D eigenvalue weighted by Gasteiger charge is 2.49. The summed E-state index contributed by atoms with van der Waals surface area (Å²) in [6.45, 7) is -0.00545. The number of benzene rings is 12. The molecule has 5 heteroatoms. The molecule has 0 aliphatic carbocycles. The van der Waals surface area contributed by atoms with E-state index in [-0.39, 0.29) is 6.71 Å². The van der Waals surface area contributed by atoms with Gasteiger partial charge in [-0.1, -0.05) is 146 Å². The van der Waals surface area contributed by atoms with E-state index >= 15 is 0 Å². The minimum Gasteiger partial charge on any atom is -0.456 e. The summed E-state index contributed by atoms with van der Waals surface area (Å²) in [6.07, 6.45) is 0. The van der Waals surface area contributed by atoms with E-state index in [9.17, 15) is 0 Å². The average Bonchev–Trinajstić information content (AvgIpc) is 3.79. The van der Waals surface area contributed by atoms with Crippen LogP contribution in [0.5, 0.6) is 0 Å². The molecule has 0 saturated carbocycles. The van der Waals surface area contributed by atoms with Crippen LogP contribution in [-0.4, -0.2) is 6.71 Å². The molecule has 0 spiro atoms. The van der Waals surface area contributed by atoms with Gasteiger partial charge in [0.05, 0.1) is 0 Å². The van der Waals surface area contributed by atoms with Crippen molar-refractivity contribution in [3.05, 3.63) is 243 Å². The SMILES string of the molecule is c1ccc(N2c3cccc4c3B3c5c2cccc5N(c2ccccc2)c2cc(-c5c6ccccc6c(-c6ccc7oc8cc9ccccc9cc8c7c6)c6ccccc56)cc(c23)N4c2ccccc2)cc1. The maximum absolute atomic E-state index is 6.53. The molecular weight excluding hydrogens is 862 g/mol. The largest absolute Gasteiger partial charge is 0.456 e. The average molecular weight is 902 g/mol. The van der Waals surface area contributed by atoms with Crippen LogP contribution in [-0.2, 0) is 0 Å². The third-order valence-electron chi connectivity index (χ3n) is 15.5. The van der Waals surface area contributed by atoms with Crippen LogP contribution in [0.25, 0.3) is 76.5 Å². The lowest BCUT2D eigenvalue weighted by atomic mass is 9.31. The molecule has 71 heavy (non-hydrogen) atoms. The maximum atomic E-state index is 6.53. The second kappa shape index (κ2) is 14.6. The Morgan fingerprint density at radius 2 is 0.662 bits per heavy atom. The number of hydrogen-bond donors (Lipinski definition) is 0. The van der Waals surface area contributed by atoms with Crippen molar-refractivity contribution in [1.82, 2.24) is 0 Å². The molecule has 4 heterocycles. The summed E-state index contributed by atoms with van der Waals surface area (Å²) < 4.78 is 6.53. The molecule has 13 aromatic rings. The first kappa shape index (κ1) is 38.6. The van der Waals surface area contributed by atoms with Gasteiger partial charge in [0, 0.05) is 62.0 Å². The van der Waals surface area contributed by atoms with Crippen LogP contribution in [0.15, 0.2) is 247 Å². The van der Waals surface area contributed by atoms with Crippen molar-refractivity contribution in [3.63, 3.8) is 0 Å². The first-order valence-electron chi connectivity index (χ1n) is 24.5. The topological polar surface area (TPSA) is 22.9 Å². The highest BCUT2D eigenvalue weighted by molar-refractivity contribution is 7.02. The third kappa shape index (κ3) is 5.40. The molecule has 3 aliphatic rings. The second-order valence-electron chi connectivity index (χ2n) is 19.1. The van der Waals surface area contributed by atoms with Crippen LogP contribution in [0.2, 0.25) is 0 Å². The Labute approximate surface area is 410 Å². The Kier molecular flexibility index (Phi) is 7.94. The van der Waals surface area contributed by atoms with Gasteiger partial charge in [0.1, 0.15) is 11.2 Å². The molecule has 0 unspecified atom stereocenters. The van der Waals surface area contributed by atoms with Crippen molar-refractivity contribution >= 4 is 129 Å². The summed E-state index contributed by atoms with van der Waals surface area (Å²) >= 11 is 0. The monoisotopic (exact) mass is 901 g/mol. The standard InChI is InChI=1S/C66H40BN3O/c1-4-20-45(21-5-1)68-54-30-16-32-56-64(54)67-65-55(68)31-17-33-57(65)70(47-24-8-3-9-25-47)59-39-44(38-58(66(59)67)69(56)46-22-6-2-7-23-46)63-50-28-14-12-26-48(50)62(49-27-13-15-29-51(49)63)43-34-35-60-52(37-43)53-36-41-18-10-11-19-42(41)40-61(53)71-60/h1-40H. The number of hydrogen-bond acceptors (Lipinski definition) is 4. The fourth-order valence-electron chi connectivity index (χ4n) is 12.6. The summed E-state index contributed by atoms with van der Waals surface area (Å²) in [6, 6.07) is 89.5. The zero-order valence-electron chi connectivity index (χ0n) is 38.4. The molecule has 0 fully saturated rings. The van der Waals surface area contributed by atoms with Gasteiger partial charge >= 0.3 is 0 Å². The van der Waals surface area contributed by atoms with Crippen molar-refractivity contribution in [1.29, 1.82) is 0 Å². The Hall–Kier alpha value is -9.32. The molecule has 328 valence electrons. The van der Waals surface area contributed by atoms with Crippen molar-refractivity contribution in [2.24, 2.45) is 0 Å². The summed E-state index contributed by atoms with van der Waals surface area (Å²) in [5, 5.41) is 9.49. The van der Waals surface area contributed by atoms with Gasteiger partial charge in [-0.2, -0.15) is 0 Å². The van der Waals surface area contributed by atoms with Gasteiger partial charge in [-0.05, 0) is 168 Å². The number of nitrogens with zero attached hydrogens (tertiary/aromatic N) is 3. The minimum absolute atomic E-state index is 0.00545.